The zero-order valence-electron chi connectivity index (χ0n) is 11.5. The molecule has 0 aliphatic carbocycles. The second kappa shape index (κ2) is 827. The standard InChI is InChI=1S/2CHO2.2CO2.11CH4.3Ca.HO2Si.O2Si.3H2O/c4*2-1-3;;;;;;;;;;;;;;;2*1-3-2;;;/h2*(H,2,3);;;11*1H4;;;;1H;;3*1H2/q2*-1;;;;;;;;;;;;;;3*+2;-1;;;;/p-3. The molecule has 0 atom stereocenters. The maximum Gasteiger partial charge on any atom is 2.00 e. The van der Waals surface area contributed by atoms with Gasteiger partial charge in [0.05, 0.1) is 9.65 Å². The minimum Gasteiger partial charge on any atom is -0.870 e. The second-order valence-electron chi connectivity index (χ2n) is 0.524. The summed E-state index contributed by atoms with van der Waals surface area (Å²) in [4.78, 5) is 56.0. The number of hydrogen-bond acceptors (Lipinski definition) is 12. The van der Waals surface area contributed by atoms with Crippen LogP contribution in [0.4, 0.5) is 0 Å². The Kier molecular flexibility index (Phi) is 6170. The zero-order valence-corrected chi connectivity index (χ0v) is 20.1. The normalized spacial score (nSPS) is 1.71. The van der Waals surface area contributed by atoms with Gasteiger partial charge in [-0.2, -0.15) is 19.2 Å². The van der Waals surface area contributed by atoms with Crippen LogP contribution < -0.4 is 0 Å². The van der Waals surface area contributed by atoms with Gasteiger partial charge in [-0.1, -0.05) is 94.6 Å². The Balaban J connectivity index is -0.00000000214. The summed E-state index contributed by atoms with van der Waals surface area (Å²) in [6.45, 7) is 1.00. The summed E-state index contributed by atoms with van der Waals surface area (Å²) in [5, 5.41) is 13.5. The largest absolute Gasteiger partial charge is 2.00 e. The fourth-order valence-electron chi connectivity index (χ4n) is 0. The van der Waals surface area contributed by atoms with Gasteiger partial charge in [0.15, 0.2) is 0 Å². The van der Waals surface area contributed by atoms with Crippen molar-refractivity contribution in [3.63, 3.8) is 0 Å². The molecule has 20 heteroatoms. The predicted molar refractivity (Wildman–Crippen MR) is 140 cm³/mol. The molecule has 35 heavy (non-hydrogen) atoms. The van der Waals surface area contributed by atoms with E-state index in [-0.39, 0.29) is 224 Å². The minimum absolute atomic E-state index is 0. The minimum atomic E-state index is -1.42. The van der Waals surface area contributed by atoms with E-state index < -0.39 is 18.9 Å². The summed E-state index contributed by atoms with van der Waals surface area (Å²) < 4.78 is 25.3. The molecule has 0 aliphatic heterocycles. The summed E-state index contributed by atoms with van der Waals surface area (Å²) in [6, 6.07) is 0. The summed E-state index contributed by atoms with van der Waals surface area (Å²) in [5.74, 6) is 0. The van der Waals surface area contributed by atoms with Gasteiger partial charge in [0.1, 0.15) is 0 Å². The van der Waals surface area contributed by atoms with E-state index in [9.17, 15) is 0 Å². The van der Waals surface area contributed by atoms with Gasteiger partial charge in [-0.05, 0) is 0 Å². The first-order valence-corrected chi connectivity index (χ1v) is 4.18. The Morgan fingerprint density at radius 3 is 0.543 bits per heavy atom. The smallest absolute Gasteiger partial charge is 0.870 e. The number of rotatable bonds is 0. The summed E-state index contributed by atoms with van der Waals surface area (Å²) >= 11 is 0. The van der Waals surface area contributed by atoms with Crippen molar-refractivity contribution in [2.24, 2.45) is 0 Å². The van der Waals surface area contributed by atoms with Gasteiger partial charge in [-0.15, -0.1) is 0 Å². The molecule has 0 aromatic carbocycles. The van der Waals surface area contributed by atoms with Crippen LogP contribution in [0.5, 0.6) is 0 Å². The van der Waals surface area contributed by atoms with Crippen molar-refractivity contribution in [3.05, 3.63) is 0 Å². The Morgan fingerprint density at radius 2 is 0.543 bits per heavy atom. The quantitative estimate of drug-likeness (QED) is 0.249. The van der Waals surface area contributed by atoms with Crippen molar-refractivity contribution in [3.8, 4) is 0 Å². The van der Waals surface area contributed by atoms with Crippen LogP contribution in [0.1, 0.15) is 81.7 Å². The van der Waals surface area contributed by atoms with E-state index in [0.717, 1.165) is 0 Å². The molecular formula is C15H50Ca3O15Si2. The van der Waals surface area contributed by atoms with Crippen LogP contribution >= 0.6 is 0 Å². The Labute approximate surface area is 308 Å². The molecule has 0 spiro atoms. The number of aliphatic hydroxyl groups excluding tert-OH is 2. The molecule has 0 bridgehead atoms. The molecule has 0 aliphatic rings. The van der Waals surface area contributed by atoms with Crippen LogP contribution in [0, 0.1) is 0 Å². The Morgan fingerprint density at radius 1 is 0.543 bits per heavy atom. The first-order chi connectivity index (χ1) is 8.49. The molecule has 214 valence electrons. The van der Waals surface area contributed by atoms with Crippen molar-refractivity contribution in [1.29, 1.82) is 0 Å². The molecule has 15 nitrogen and oxygen atoms in total. The third kappa shape index (κ3) is 38600. The third-order valence-corrected chi connectivity index (χ3v) is 0. The molecule has 0 fully saturated rings. The van der Waals surface area contributed by atoms with E-state index in [2.05, 4.69) is 0 Å². The van der Waals surface area contributed by atoms with Crippen molar-refractivity contribution in [2.75, 3.05) is 0 Å². The predicted octanol–water partition coefficient (Wildman–Crippen LogP) is 1.71. The summed E-state index contributed by atoms with van der Waals surface area (Å²) in [7, 11) is -2.58. The van der Waals surface area contributed by atoms with Gasteiger partial charge >= 0.3 is 135 Å². The van der Waals surface area contributed by atoms with Crippen LogP contribution in [0.2, 0.25) is 0 Å². The molecule has 6 N–H and O–H groups in total. The second-order valence-corrected chi connectivity index (χ2v) is 0.873. The fraction of sp³-hybridized carbons (Fsp3) is 0.733. The van der Waals surface area contributed by atoms with E-state index in [4.69, 9.17) is 57.2 Å². The van der Waals surface area contributed by atoms with E-state index in [1.165, 1.54) is 0 Å². The summed E-state index contributed by atoms with van der Waals surface area (Å²) in [5.41, 5.74) is 0. The third-order valence-electron chi connectivity index (χ3n) is 0. The van der Waals surface area contributed by atoms with Crippen molar-refractivity contribution in [2.45, 2.75) is 81.7 Å². The van der Waals surface area contributed by atoms with Crippen LogP contribution in [-0.4, -0.2) is 189 Å². The molecule has 0 saturated carbocycles. The molecule has 0 aromatic heterocycles. The summed E-state index contributed by atoms with van der Waals surface area (Å²) in [6.07, 6.45) is 0.500. The van der Waals surface area contributed by atoms with E-state index in [1.54, 1.807) is 0 Å². The molecule has 0 saturated heterocycles. The van der Waals surface area contributed by atoms with Gasteiger partial charge in [-0.3, -0.25) is 8.92 Å². The van der Waals surface area contributed by atoms with Gasteiger partial charge in [-0.25, -0.2) is 0 Å². The van der Waals surface area contributed by atoms with Gasteiger partial charge < -0.3 is 45.5 Å². The van der Waals surface area contributed by atoms with Gasteiger partial charge in [0, 0.05) is 0 Å². The molecule has 0 radical (unpaired) electrons. The topological polar surface area (TPSA) is 304 Å². The molecule has 0 unspecified atom stereocenters. The molecule has 0 amide bonds. The first kappa shape index (κ1) is 261. The Bertz CT molecular complexity index is 234. The monoisotopic (exact) mass is 646 g/mol. The number of carbonyl (C=O) groups excluding carboxylic acids is 4. The van der Waals surface area contributed by atoms with Crippen molar-refractivity contribution in [1.82, 2.24) is 0 Å². The van der Waals surface area contributed by atoms with Crippen LogP contribution in [0.15, 0.2) is 0 Å². The molecule has 0 rings (SSSR count). The SMILES string of the molecule is C.C.C.C.C.C.C.C.C.C.C.O=C=O.O=C=O.O=[C-]O.O=[C-]O.O=[Si-]O.O=[Si]=O.[Ca+2].[Ca+2].[Ca+2].[OH-].[OH-].[OH-]. The first-order valence-electron chi connectivity index (χ1n) is 2.51. The Hall–Kier alpha value is 0.993. The van der Waals surface area contributed by atoms with E-state index >= 15 is 0 Å². The average Bonchev–Trinajstić information content (AvgIpc) is 2.23. The zero-order chi connectivity index (χ0) is 16.2. The maximum atomic E-state index is 8.51. The average molecular weight is 647 g/mol. The van der Waals surface area contributed by atoms with Gasteiger partial charge in [0.2, 0.25) is 0 Å². The number of hydrogen-bond donors (Lipinski definition) is 3. The van der Waals surface area contributed by atoms with E-state index in [1.807, 2.05) is 0 Å². The maximum absolute atomic E-state index is 8.51. The fourth-order valence-corrected chi connectivity index (χ4v) is 0. The van der Waals surface area contributed by atoms with Crippen LogP contribution in [0.25, 0.3) is 0 Å². The molecule has 0 aromatic rings. The van der Waals surface area contributed by atoms with Crippen molar-refractivity contribution < 1.29 is 73.6 Å². The van der Waals surface area contributed by atoms with E-state index in [0.29, 0.717) is 12.9 Å². The van der Waals surface area contributed by atoms with Crippen LogP contribution in [-0.2, 0) is 42.2 Å². The van der Waals surface area contributed by atoms with Crippen molar-refractivity contribution >= 4 is 157 Å². The van der Waals surface area contributed by atoms with Gasteiger partial charge in [0.25, 0.3) is 0 Å². The molecule has 0 heterocycles. The van der Waals surface area contributed by atoms with Crippen LogP contribution in [0.3, 0.4) is 0 Å². The molecular weight excluding hydrogens is 597 g/mol.